The zero-order chi connectivity index (χ0) is 22.5. The molecule has 0 saturated heterocycles. The van der Waals surface area contributed by atoms with E-state index in [1.54, 1.807) is 31.2 Å². The SMILES string of the molecule is CC[C@H](NC(=O)CCc1c(C)c2ccc(OC)cc2oc1=O)[C@H](O)c1ccccc1F. The van der Waals surface area contributed by atoms with Crippen LogP contribution in [-0.4, -0.2) is 24.2 Å². The number of ether oxygens (including phenoxy) is 1. The fourth-order valence-electron chi connectivity index (χ4n) is 3.64. The average molecular weight is 427 g/mol. The number of nitrogens with one attached hydrogen (secondary N) is 1. The second-order valence-electron chi connectivity index (χ2n) is 7.40. The van der Waals surface area contributed by atoms with Crippen LogP contribution in [0.4, 0.5) is 4.39 Å². The zero-order valence-electron chi connectivity index (χ0n) is 17.8. The second kappa shape index (κ2) is 9.75. The number of halogens is 1. The van der Waals surface area contributed by atoms with E-state index in [4.69, 9.17) is 9.15 Å². The summed E-state index contributed by atoms with van der Waals surface area (Å²) in [6.45, 7) is 3.61. The van der Waals surface area contributed by atoms with Gasteiger partial charge in [0.05, 0.1) is 13.2 Å². The highest BCUT2D eigenvalue weighted by Crippen LogP contribution is 2.25. The van der Waals surface area contributed by atoms with Crippen molar-refractivity contribution in [3.8, 4) is 5.75 Å². The molecule has 0 aliphatic carbocycles. The minimum absolute atomic E-state index is 0.0355. The fraction of sp³-hybridized carbons (Fsp3) is 0.333. The maximum atomic E-state index is 14.0. The minimum Gasteiger partial charge on any atom is -0.497 e. The standard InChI is InChI=1S/C24H26FNO5/c1-4-20(23(28)18-7-5-6-8-19(18)25)26-22(27)12-11-17-14(2)16-10-9-15(30-3)13-21(16)31-24(17)29/h5-10,13,20,23,28H,4,11-12H2,1-3H3,(H,26,27)/t20-,23+/m0/s1. The lowest BCUT2D eigenvalue weighted by atomic mass is 9.99. The molecule has 2 N–H and O–H groups in total. The molecule has 2 aromatic carbocycles. The summed E-state index contributed by atoms with van der Waals surface area (Å²) in [4.78, 5) is 25.0. The van der Waals surface area contributed by atoms with E-state index in [0.29, 0.717) is 23.3 Å². The van der Waals surface area contributed by atoms with Crippen molar-refractivity contribution in [1.82, 2.24) is 5.32 Å². The van der Waals surface area contributed by atoms with Gasteiger partial charge in [-0.1, -0.05) is 25.1 Å². The van der Waals surface area contributed by atoms with Gasteiger partial charge in [-0.2, -0.15) is 0 Å². The Kier molecular flexibility index (Phi) is 7.07. The second-order valence-corrected chi connectivity index (χ2v) is 7.40. The van der Waals surface area contributed by atoms with Gasteiger partial charge in [0.2, 0.25) is 5.91 Å². The van der Waals surface area contributed by atoms with E-state index in [2.05, 4.69) is 5.32 Å². The van der Waals surface area contributed by atoms with Gasteiger partial charge in [0.1, 0.15) is 23.3 Å². The van der Waals surface area contributed by atoms with Crippen molar-refractivity contribution in [3.63, 3.8) is 0 Å². The highest BCUT2D eigenvalue weighted by molar-refractivity contribution is 5.82. The first-order valence-corrected chi connectivity index (χ1v) is 10.2. The van der Waals surface area contributed by atoms with Gasteiger partial charge < -0.3 is 19.6 Å². The molecule has 7 heteroatoms. The zero-order valence-corrected chi connectivity index (χ0v) is 17.8. The first-order chi connectivity index (χ1) is 14.8. The van der Waals surface area contributed by atoms with Crippen molar-refractivity contribution in [2.24, 2.45) is 0 Å². The fourth-order valence-corrected chi connectivity index (χ4v) is 3.64. The molecule has 3 rings (SSSR count). The van der Waals surface area contributed by atoms with Crippen LogP contribution in [0.25, 0.3) is 11.0 Å². The first-order valence-electron chi connectivity index (χ1n) is 10.2. The van der Waals surface area contributed by atoms with Crippen molar-refractivity contribution >= 4 is 16.9 Å². The van der Waals surface area contributed by atoms with Crippen LogP contribution in [0, 0.1) is 12.7 Å². The van der Waals surface area contributed by atoms with Crippen molar-refractivity contribution in [2.75, 3.05) is 7.11 Å². The summed E-state index contributed by atoms with van der Waals surface area (Å²) in [5.41, 5.74) is 1.24. The Morgan fingerprint density at radius 3 is 2.68 bits per heavy atom. The summed E-state index contributed by atoms with van der Waals surface area (Å²) < 4.78 is 24.6. The molecule has 164 valence electrons. The summed E-state index contributed by atoms with van der Waals surface area (Å²) >= 11 is 0. The maximum absolute atomic E-state index is 14.0. The molecule has 0 aliphatic rings. The number of methoxy groups -OCH3 is 1. The summed E-state index contributed by atoms with van der Waals surface area (Å²) in [7, 11) is 1.53. The maximum Gasteiger partial charge on any atom is 0.339 e. The Hall–Kier alpha value is -3.19. The molecule has 0 unspecified atom stereocenters. The third-order valence-electron chi connectivity index (χ3n) is 5.49. The van der Waals surface area contributed by atoms with Gasteiger partial charge in [0, 0.05) is 29.0 Å². The number of benzene rings is 2. The van der Waals surface area contributed by atoms with E-state index in [1.807, 2.05) is 13.0 Å². The largest absolute Gasteiger partial charge is 0.497 e. The van der Waals surface area contributed by atoms with Gasteiger partial charge in [-0.15, -0.1) is 0 Å². The van der Waals surface area contributed by atoms with Crippen LogP contribution in [0.1, 0.15) is 42.6 Å². The summed E-state index contributed by atoms with van der Waals surface area (Å²) in [6.07, 6.45) is -0.528. The number of aryl methyl sites for hydroxylation is 1. The Bertz CT molecular complexity index is 1140. The molecule has 3 aromatic rings. The lowest BCUT2D eigenvalue weighted by molar-refractivity contribution is -0.122. The Balaban J connectivity index is 1.72. The van der Waals surface area contributed by atoms with E-state index in [0.717, 1.165) is 10.9 Å². The summed E-state index contributed by atoms with van der Waals surface area (Å²) in [6, 6.07) is 10.5. The van der Waals surface area contributed by atoms with Crippen LogP contribution in [0.2, 0.25) is 0 Å². The molecule has 0 spiro atoms. The van der Waals surface area contributed by atoms with Gasteiger partial charge in [-0.3, -0.25) is 4.79 Å². The number of rotatable bonds is 8. The lowest BCUT2D eigenvalue weighted by Gasteiger charge is -2.23. The van der Waals surface area contributed by atoms with Gasteiger partial charge in [-0.05, 0) is 43.5 Å². The van der Waals surface area contributed by atoms with Crippen LogP contribution < -0.4 is 15.7 Å². The van der Waals surface area contributed by atoms with Crippen LogP contribution in [0.5, 0.6) is 5.75 Å². The molecule has 1 amide bonds. The number of hydrogen-bond acceptors (Lipinski definition) is 5. The van der Waals surface area contributed by atoms with E-state index in [9.17, 15) is 19.1 Å². The average Bonchev–Trinajstić information content (AvgIpc) is 2.76. The van der Waals surface area contributed by atoms with Crippen molar-refractivity contribution in [1.29, 1.82) is 0 Å². The quantitative estimate of drug-likeness (QED) is 0.534. The van der Waals surface area contributed by atoms with Gasteiger partial charge in [-0.25, -0.2) is 9.18 Å². The van der Waals surface area contributed by atoms with E-state index < -0.39 is 23.6 Å². The molecule has 1 aromatic heterocycles. The molecular formula is C24H26FNO5. The Morgan fingerprint density at radius 2 is 2.00 bits per heavy atom. The molecule has 2 atom stereocenters. The molecule has 0 saturated carbocycles. The van der Waals surface area contributed by atoms with Gasteiger partial charge >= 0.3 is 5.63 Å². The molecule has 0 aliphatic heterocycles. The predicted molar refractivity (Wildman–Crippen MR) is 116 cm³/mol. The summed E-state index contributed by atoms with van der Waals surface area (Å²) in [5, 5.41) is 14.0. The van der Waals surface area contributed by atoms with E-state index in [1.165, 1.54) is 19.2 Å². The van der Waals surface area contributed by atoms with Crippen LogP contribution in [-0.2, 0) is 11.2 Å². The smallest absolute Gasteiger partial charge is 0.339 e. The van der Waals surface area contributed by atoms with Gasteiger partial charge in [0.15, 0.2) is 0 Å². The Morgan fingerprint density at radius 1 is 1.26 bits per heavy atom. The normalized spacial score (nSPS) is 13.1. The summed E-state index contributed by atoms with van der Waals surface area (Å²) in [5.74, 6) is -0.277. The van der Waals surface area contributed by atoms with Crippen molar-refractivity contribution < 1.29 is 23.4 Å². The third kappa shape index (κ3) is 4.94. The molecular weight excluding hydrogens is 401 g/mol. The molecule has 0 radical (unpaired) electrons. The van der Waals surface area contributed by atoms with Gasteiger partial charge in [0.25, 0.3) is 0 Å². The van der Waals surface area contributed by atoms with Crippen molar-refractivity contribution in [3.05, 3.63) is 75.4 Å². The van der Waals surface area contributed by atoms with Crippen LogP contribution >= 0.6 is 0 Å². The molecule has 31 heavy (non-hydrogen) atoms. The number of aliphatic hydroxyl groups excluding tert-OH is 1. The molecule has 6 nitrogen and oxygen atoms in total. The highest BCUT2D eigenvalue weighted by Gasteiger charge is 2.24. The number of fused-ring (bicyclic) bond motifs is 1. The van der Waals surface area contributed by atoms with E-state index >= 15 is 0 Å². The Labute approximate surface area is 179 Å². The molecule has 1 heterocycles. The molecule has 0 fully saturated rings. The molecule has 0 bridgehead atoms. The van der Waals surface area contributed by atoms with Crippen LogP contribution in [0.3, 0.4) is 0 Å². The number of amides is 1. The highest BCUT2D eigenvalue weighted by atomic mass is 19.1. The topological polar surface area (TPSA) is 88.8 Å². The van der Waals surface area contributed by atoms with E-state index in [-0.39, 0.29) is 24.3 Å². The minimum atomic E-state index is -1.17. The number of carbonyl (C=O) groups excluding carboxylic acids is 1. The lowest BCUT2D eigenvalue weighted by Crippen LogP contribution is -2.39. The third-order valence-corrected chi connectivity index (χ3v) is 5.49. The van der Waals surface area contributed by atoms with Crippen molar-refractivity contribution in [2.45, 2.75) is 45.3 Å². The first kappa shape index (κ1) is 22.5. The number of hydrogen-bond donors (Lipinski definition) is 2. The van der Waals surface area contributed by atoms with Crippen LogP contribution in [0.15, 0.2) is 51.7 Å². The number of aliphatic hydroxyl groups is 1. The monoisotopic (exact) mass is 427 g/mol. The predicted octanol–water partition coefficient (Wildman–Crippen LogP) is 3.81. The number of carbonyl (C=O) groups is 1.